The van der Waals surface area contributed by atoms with Gasteiger partial charge in [-0.25, -0.2) is 0 Å². The van der Waals surface area contributed by atoms with Crippen molar-refractivity contribution >= 4 is 16.6 Å². The molecule has 3 heteroatoms. The number of rotatable bonds is 0. The number of aromatic nitrogens is 1. The molecule has 1 aromatic carbocycles. The standard InChI is InChI=1S/C11H12N2.HI/c1-8-7-10(12)9-5-3-4-6-11(9)13(8)2;/h3-7,12H,1-2H3;1H. The van der Waals surface area contributed by atoms with Crippen LogP contribution in [0.15, 0.2) is 30.3 Å². The van der Waals surface area contributed by atoms with Gasteiger partial charge in [0.1, 0.15) is 7.05 Å². The number of hydrogen-bond acceptors (Lipinski definition) is 1. The first kappa shape index (κ1) is 11.2. The van der Waals surface area contributed by atoms with Crippen molar-refractivity contribution in [2.24, 2.45) is 7.05 Å². The van der Waals surface area contributed by atoms with Crippen molar-refractivity contribution in [3.63, 3.8) is 0 Å². The fraction of sp³-hybridized carbons (Fsp3) is 0.182. The van der Waals surface area contributed by atoms with Crippen LogP contribution < -0.4 is 34.3 Å². The van der Waals surface area contributed by atoms with E-state index in [0.717, 1.165) is 11.1 Å². The van der Waals surface area contributed by atoms with E-state index in [0.29, 0.717) is 0 Å². The number of aryl methyl sites for hydroxylation is 2. The van der Waals surface area contributed by atoms with E-state index >= 15 is 0 Å². The summed E-state index contributed by atoms with van der Waals surface area (Å²) in [6.45, 7) is 2.06. The second kappa shape index (κ2) is 4.13. The molecule has 2 nitrogen and oxygen atoms in total. The summed E-state index contributed by atoms with van der Waals surface area (Å²) < 4.78 is 2.14. The summed E-state index contributed by atoms with van der Waals surface area (Å²) >= 11 is 0. The minimum Gasteiger partial charge on any atom is -1.00 e. The number of nitrogens with zero attached hydrogens (tertiary/aromatic N) is 1. The van der Waals surface area contributed by atoms with Crippen LogP contribution in [0.1, 0.15) is 5.69 Å². The largest absolute Gasteiger partial charge is 1.00 e. The van der Waals surface area contributed by atoms with Crippen molar-refractivity contribution < 1.29 is 28.5 Å². The van der Waals surface area contributed by atoms with E-state index < -0.39 is 0 Å². The Balaban J connectivity index is 0.000000980. The number of anilines is 1. The fourth-order valence-electron chi connectivity index (χ4n) is 1.60. The molecule has 0 aliphatic heterocycles. The van der Waals surface area contributed by atoms with Crippen LogP contribution in [0.5, 0.6) is 0 Å². The molecule has 2 rings (SSSR count). The lowest BCUT2D eigenvalue weighted by molar-refractivity contribution is -0.651. The van der Waals surface area contributed by atoms with Gasteiger partial charge in [-0.05, 0) is 6.07 Å². The van der Waals surface area contributed by atoms with Crippen molar-refractivity contribution in [1.29, 1.82) is 0 Å². The minimum absolute atomic E-state index is 0. The highest BCUT2D eigenvalue weighted by Crippen LogP contribution is 2.17. The lowest BCUT2D eigenvalue weighted by atomic mass is 10.1. The van der Waals surface area contributed by atoms with Gasteiger partial charge in [-0.3, -0.25) is 0 Å². The molecular formula is C11H13IN2. The number of para-hydroxylation sites is 1. The normalized spacial score (nSPS) is 9.86. The maximum absolute atomic E-state index is 5.91. The molecule has 0 aliphatic rings. The predicted molar refractivity (Wildman–Crippen MR) is 54.3 cm³/mol. The predicted octanol–water partition coefficient (Wildman–Crippen LogP) is -1.44. The topological polar surface area (TPSA) is 29.9 Å². The van der Waals surface area contributed by atoms with Crippen molar-refractivity contribution in [2.45, 2.75) is 6.92 Å². The third-order valence-electron chi connectivity index (χ3n) is 2.47. The summed E-state index contributed by atoms with van der Waals surface area (Å²) in [5, 5.41) is 1.12. The molecule has 0 atom stereocenters. The number of benzene rings is 1. The SMILES string of the molecule is Cc1cc(N)c2ccccc2[n+]1C.[I-]. The van der Waals surface area contributed by atoms with E-state index in [9.17, 15) is 0 Å². The number of nitrogens with two attached hydrogens (primary N) is 1. The number of halogens is 1. The molecular weight excluding hydrogens is 287 g/mol. The Bertz CT molecular complexity index is 466. The maximum Gasteiger partial charge on any atom is 0.214 e. The second-order valence-corrected chi connectivity index (χ2v) is 3.32. The van der Waals surface area contributed by atoms with Gasteiger partial charge in [-0.15, -0.1) is 0 Å². The molecule has 0 unspecified atom stereocenters. The average molecular weight is 300 g/mol. The van der Waals surface area contributed by atoms with Crippen molar-refractivity contribution in [3.05, 3.63) is 36.0 Å². The Morgan fingerprint density at radius 2 is 1.86 bits per heavy atom. The molecule has 14 heavy (non-hydrogen) atoms. The quantitative estimate of drug-likeness (QED) is 0.469. The van der Waals surface area contributed by atoms with Gasteiger partial charge < -0.3 is 29.7 Å². The summed E-state index contributed by atoms with van der Waals surface area (Å²) in [6, 6.07) is 10.2. The highest BCUT2D eigenvalue weighted by Gasteiger charge is 2.09. The van der Waals surface area contributed by atoms with Gasteiger partial charge in [-0.1, -0.05) is 12.1 Å². The highest BCUT2D eigenvalue weighted by molar-refractivity contribution is 5.87. The Morgan fingerprint density at radius 3 is 2.57 bits per heavy atom. The van der Waals surface area contributed by atoms with Gasteiger partial charge in [0, 0.05) is 19.1 Å². The molecule has 0 radical (unpaired) electrons. The van der Waals surface area contributed by atoms with Crippen molar-refractivity contribution in [2.75, 3.05) is 5.73 Å². The van der Waals surface area contributed by atoms with Gasteiger partial charge in [-0.2, -0.15) is 4.57 Å². The minimum atomic E-state index is 0. The van der Waals surface area contributed by atoms with Crippen LogP contribution in [-0.2, 0) is 7.05 Å². The number of fused-ring (bicyclic) bond motifs is 1. The summed E-state index contributed by atoms with van der Waals surface area (Å²) in [4.78, 5) is 0. The van der Waals surface area contributed by atoms with Crippen LogP contribution in [0.4, 0.5) is 5.69 Å². The number of hydrogen-bond donors (Lipinski definition) is 1. The summed E-state index contributed by atoms with van der Waals surface area (Å²) in [7, 11) is 2.05. The first-order valence-corrected chi connectivity index (χ1v) is 4.34. The molecule has 0 fully saturated rings. The zero-order valence-corrected chi connectivity index (χ0v) is 10.4. The Labute approximate surface area is 101 Å². The Kier molecular flexibility index (Phi) is 3.31. The number of nitrogen functional groups attached to an aromatic ring is 1. The van der Waals surface area contributed by atoms with Crippen molar-refractivity contribution in [1.82, 2.24) is 0 Å². The van der Waals surface area contributed by atoms with E-state index in [1.807, 2.05) is 24.3 Å². The van der Waals surface area contributed by atoms with Crippen molar-refractivity contribution in [3.8, 4) is 0 Å². The van der Waals surface area contributed by atoms with Gasteiger partial charge in [0.15, 0.2) is 5.69 Å². The van der Waals surface area contributed by atoms with E-state index in [4.69, 9.17) is 5.73 Å². The highest BCUT2D eigenvalue weighted by atomic mass is 127. The zero-order valence-electron chi connectivity index (χ0n) is 8.29. The molecule has 1 heterocycles. The van der Waals surface area contributed by atoms with Crippen LogP contribution in [0.3, 0.4) is 0 Å². The van der Waals surface area contributed by atoms with E-state index in [-0.39, 0.29) is 24.0 Å². The summed E-state index contributed by atoms with van der Waals surface area (Å²) in [5.41, 5.74) is 9.12. The smallest absolute Gasteiger partial charge is 0.214 e. The monoisotopic (exact) mass is 300 g/mol. The molecule has 74 valence electrons. The molecule has 0 spiro atoms. The summed E-state index contributed by atoms with van der Waals surface area (Å²) in [6.07, 6.45) is 0. The third kappa shape index (κ3) is 1.68. The molecule has 1 aromatic heterocycles. The van der Waals surface area contributed by atoms with E-state index in [2.05, 4.69) is 24.6 Å². The Morgan fingerprint density at radius 1 is 1.21 bits per heavy atom. The van der Waals surface area contributed by atoms with Gasteiger partial charge in [0.25, 0.3) is 0 Å². The summed E-state index contributed by atoms with van der Waals surface area (Å²) in [5.74, 6) is 0. The number of pyridine rings is 1. The van der Waals surface area contributed by atoms with Gasteiger partial charge in [0.2, 0.25) is 5.52 Å². The first-order valence-electron chi connectivity index (χ1n) is 4.34. The van der Waals surface area contributed by atoms with Crippen LogP contribution in [0, 0.1) is 6.92 Å². The van der Waals surface area contributed by atoms with Crippen LogP contribution >= 0.6 is 0 Å². The van der Waals surface area contributed by atoms with E-state index in [1.165, 1.54) is 11.2 Å². The molecule has 0 bridgehead atoms. The third-order valence-corrected chi connectivity index (χ3v) is 2.47. The fourth-order valence-corrected chi connectivity index (χ4v) is 1.60. The molecule has 0 amide bonds. The maximum atomic E-state index is 5.91. The molecule has 2 aromatic rings. The second-order valence-electron chi connectivity index (χ2n) is 3.32. The van der Waals surface area contributed by atoms with Crippen LogP contribution in [0.25, 0.3) is 10.9 Å². The molecule has 0 aliphatic carbocycles. The Hall–Kier alpha value is -0.840. The zero-order chi connectivity index (χ0) is 9.42. The average Bonchev–Trinajstić information content (AvgIpc) is 2.15. The molecule has 2 N–H and O–H groups in total. The van der Waals surface area contributed by atoms with E-state index in [1.54, 1.807) is 0 Å². The first-order chi connectivity index (χ1) is 6.20. The van der Waals surface area contributed by atoms with Crippen LogP contribution in [-0.4, -0.2) is 0 Å². The molecule has 0 saturated heterocycles. The van der Waals surface area contributed by atoms with Gasteiger partial charge >= 0.3 is 0 Å². The molecule has 0 saturated carbocycles. The van der Waals surface area contributed by atoms with Gasteiger partial charge in [0.05, 0.1) is 11.1 Å². The lowest BCUT2D eigenvalue weighted by Crippen LogP contribution is -3.00. The van der Waals surface area contributed by atoms with Crippen LogP contribution in [0.2, 0.25) is 0 Å². The lowest BCUT2D eigenvalue weighted by Gasteiger charge is -2.02.